The van der Waals surface area contributed by atoms with Gasteiger partial charge in [0.05, 0.1) is 12.6 Å². The quantitative estimate of drug-likeness (QED) is 0.757. The van der Waals surface area contributed by atoms with Crippen LogP contribution in [0.15, 0.2) is 30.3 Å². The first kappa shape index (κ1) is 11.0. The molecule has 0 amide bonds. The Morgan fingerprint density at radius 3 is 2.78 bits per heavy atom. The second kappa shape index (κ2) is 4.29. The molecule has 1 aromatic heterocycles. The van der Waals surface area contributed by atoms with Gasteiger partial charge >= 0.3 is 5.97 Å². The molecule has 0 saturated carbocycles. The number of methoxy groups -OCH3 is 1. The highest BCUT2D eigenvalue weighted by Crippen LogP contribution is 2.24. The van der Waals surface area contributed by atoms with E-state index in [1.807, 2.05) is 12.1 Å². The SMILES string of the molecule is COC(=O)c1ccc2cc(N3CCC3)ccc2n1. The molecule has 1 saturated heterocycles. The molecule has 0 bridgehead atoms. The highest BCUT2D eigenvalue weighted by Gasteiger charge is 2.15. The summed E-state index contributed by atoms with van der Waals surface area (Å²) in [4.78, 5) is 18.0. The zero-order valence-corrected chi connectivity index (χ0v) is 10.2. The van der Waals surface area contributed by atoms with E-state index >= 15 is 0 Å². The van der Waals surface area contributed by atoms with Crippen LogP contribution in [0.25, 0.3) is 10.9 Å². The number of carbonyl (C=O) groups excluding carboxylic acids is 1. The number of anilines is 1. The van der Waals surface area contributed by atoms with E-state index in [1.54, 1.807) is 6.07 Å². The Morgan fingerprint density at radius 2 is 2.11 bits per heavy atom. The van der Waals surface area contributed by atoms with Gasteiger partial charge in [0.1, 0.15) is 5.69 Å². The molecular weight excluding hydrogens is 228 g/mol. The lowest BCUT2D eigenvalue weighted by atomic mass is 10.1. The highest BCUT2D eigenvalue weighted by molar-refractivity contribution is 5.91. The largest absolute Gasteiger partial charge is 0.464 e. The van der Waals surface area contributed by atoms with Crippen molar-refractivity contribution in [1.29, 1.82) is 0 Å². The fourth-order valence-electron chi connectivity index (χ4n) is 2.10. The minimum absolute atomic E-state index is 0.349. The Bertz CT molecular complexity index is 606. The molecule has 18 heavy (non-hydrogen) atoms. The molecule has 4 nitrogen and oxygen atoms in total. The van der Waals surface area contributed by atoms with Crippen molar-refractivity contribution in [2.24, 2.45) is 0 Å². The number of benzene rings is 1. The Hall–Kier alpha value is -2.10. The van der Waals surface area contributed by atoms with Crippen LogP contribution >= 0.6 is 0 Å². The Labute approximate surface area is 105 Å². The van der Waals surface area contributed by atoms with Gasteiger partial charge in [-0.25, -0.2) is 9.78 Å². The lowest BCUT2D eigenvalue weighted by molar-refractivity contribution is 0.0594. The molecule has 2 heterocycles. The van der Waals surface area contributed by atoms with Crippen LogP contribution < -0.4 is 4.90 Å². The van der Waals surface area contributed by atoms with Gasteiger partial charge in [0.2, 0.25) is 0 Å². The molecule has 3 rings (SSSR count). The summed E-state index contributed by atoms with van der Waals surface area (Å²) in [5.74, 6) is -0.399. The van der Waals surface area contributed by atoms with Crippen LogP contribution in [0.1, 0.15) is 16.9 Å². The van der Waals surface area contributed by atoms with Gasteiger partial charge in [-0.2, -0.15) is 0 Å². The van der Waals surface area contributed by atoms with Crippen molar-refractivity contribution >= 4 is 22.6 Å². The molecule has 1 fully saturated rings. The molecule has 0 aliphatic carbocycles. The van der Waals surface area contributed by atoms with Crippen molar-refractivity contribution < 1.29 is 9.53 Å². The van der Waals surface area contributed by atoms with Crippen LogP contribution in [0, 0.1) is 0 Å². The lowest BCUT2D eigenvalue weighted by Crippen LogP contribution is -2.36. The van der Waals surface area contributed by atoms with Gasteiger partial charge in [-0.3, -0.25) is 0 Å². The number of hydrogen-bond donors (Lipinski definition) is 0. The first-order valence-corrected chi connectivity index (χ1v) is 6.02. The molecule has 1 aliphatic heterocycles. The van der Waals surface area contributed by atoms with Gasteiger partial charge < -0.3 is 9.64 Å². The summed E-state index contributed by atoms with van der Waals surface area (Å²) >= 11 is 0. The first-order valence-electron chi connectivity index (χ1n) is 6.02. The van der Waals surface area contributed by atoms with Crippen molar-refractivity contribution in [1.82, 2.24) is 4.98 Å². The number of fused-ring (bicyclic) bond motifs is 1. The molecule has 0 spiro atoms. The van der Waals surface area contributed by atoms with E-state index in [0.29, 0.717) is 5.69 Å². The molecule has 2 aromatic rings. The maximum absolute atomic E-state index is 11.4. The van der Waals surface area contributed by atoms with Crippen molar-refractivity contribution in [2.45, 2.75) is 6.42 Å². The van der Waals surface area contributed by atoms with E-state index in [4.69, 9.17) is 0 Å². The zero-order valence-electron chi connectivity index (χ0n) is 10.2. The number of aromatic nitrogens is 1. The van der Waals surface area contributed by atoms with Crippen molar-refractivity contribution in [3.63, 3.8) is 0 Å². The maximum Gasteiger partial charge on any atom is 0.356 e. The van der Waals surface area contributed by atoms with Crippen molar-refractivity contribution in [3.05, 3.63) is 36.0 Å². The fraction of sp³-hybridized carbons (Fsp3) is 0.286. The van der Waals surface area contributed by atoms with Crippen LogP contribution in [0.4, 0.5) is 5.69 Å². The number of esters is 1. The van der Waals surface area contributed by atoms with E-state index in [9.17, 15) is 4.79 Å². The number of pyridine rings is 1. The van der Waals surface area contributed by atoms with E-state index in [1.165, 1.54) is 19.2 Å². The summed E-state index contributed by atoms with van der Waals surface area (Å²) < 4.78 is 4.66. The smallest absolute Gasteiger partial charge is 0.356 e. The number of rotatable bonds is 2. The normalized spacial score (nSPS) is 14.4. The van der Waals surface area contributed by atoms with Gasteiger partial charge in [-0.05, 0) is 30.7 Å². The Kier molecular flexibility index (Phi) is 2.63. The van der Waals surface area contributed by atoms with Gasteiger partial charge in [0.25, 0.3) is 0 Å². The maximum atomic E-state index is 11.4. The van der Waals surface area contributed by atoms with Crippen LogP contribution in [-0.4, -0.2) is 31.2 Å². The van der Waals surface area contributed by atoms with Gasteiger partial charge in [-0.1, -0.05) is 6.07 Å². The van der Waals surface area contributed by atoms with Gasteiger partial charge in [0, 0.05) is 24.2 Å². The summed E-state index contributed by atoms with van der Waals surface area (Å²) in [7, 11) is 1.36. The van der Waals surface area contributed by atoms with Crippen LogP contribution in [-0.2, 0) is 4.74 Å². The zero-order chi connectivity index (χ0) is 12.5. The molecular formula is C14H14N2O2. The molecule has 0 radical (unpaired) electrons. The molecule has 1 aromatic carbocycles. The monoisotopic (exact) mass is 242 g/mol. The molecule has 4 heteroatoms. The summed E-state index contributed by atoms with van der Waals surface area (Å²) in [6.07, 6.45) is 1.26. The van der Waals surface area contributed by atoms with Crippen molar-refractivity contribution in [3.8, 4) is 0 Å². The average molecular weight is 242 g/mol. The first-order chi connectivity index (χ1) is 8.78. The van der Waals surface area contributed by atoms with Gasteiger partial charge in [0.15, 0.2) is 0 Å². The number of hydrogen-bond acceptors (Lipinski definition) is 4. The predicted molar refractivity (Wildman–Crippen MR) is 69.9 cm³/mol. The Morgan fingerprint density at radius 1 is 1.28 bits per heavy atom. The molecule has 0 unspecified atom stereocenters. The minimum atomic E-state index is -0.399. The van der Waals surface area contributed by atoms with E-state index < -0.39 is 5.97 Å². The van der Waals surface area contributed by atoms with E-state index in [2.05, 4.69) is 26.8 Å². The summed E-state index contributed by atoms with van der Waals surface area (Å²) in [6.45, 7) is 2.25. The summed E-state index contributed by atoms with van der Waals surface area (Å²) in [5, 5.41) is 1.05. The highest BCUT2D eigenvalue weighted by atomic mass is 16.5. The standard InChI is InChI=1S/C14H14N2O2/c1-18-14(17)13-5-3-10-9-11(16-7-2-8-16)4-6-12(10)15-13/h3-6,9H,2,7-8H2,1H3. The predicted octanol–water partition coefficient (Wildman–Crippen LogP) is 2.23. The fourth-order valence-corrected chi connectivity index (χ4v) is 2.10. The molecule has 0 N–H and O–H groups in total. The Balaban J connectivity index is 2.00. The van der Waals surface area contributed by atoms with Crippen molar-refractivity contribution in [2.75, 3.05) is 25.1 Å². The van der Waals surface area contributed by atoms with E-state index in [-0.39, 0.29) is 0 Å². The average Bonchev–Trinajstić information content (AvgIpc) is 2.35. The summed E-state index contributed by atoms with van der Waals surface area (Å²) in [6, 6.07) is 9.74. The topological polar surface area (TPSA) is 42.4 Å². The third-order valence-corrected chi connectivity index (χ3v) is 3.29. The number of nitrogens with zero attached hydrogens (tertiary/aromatic N) is 2. The van der Waals surface area contributed by atoms with E-state index in [0.717, 1.165) is 24.0 Å². The number of ether oxygens (including phenoxy) is 1. The van der Waals surface area contributed by atoms with Gasteiger partial charge in [-0.15, -0.1) is 0 Å². The van der Waals surface area contributed by atoms with Crippen LogP contribution in [0.5, 0.6) is 0 Å². The lowest BCUT2D eigenvalue weighted by Gasteiger charge is -2.33. The summed E-state index contributed by atoms with van der Waals surface area (Å²) in [5.41, 5.74) is 2.39. The second-order valence-electron chi connectivity index (χ2n) is 4.41. The molecule has 92 valence electrons. The molecule has 1 aliphatic rings. The third kappa shape index (κ3) is 1.79. The third-order valence-electron chi connectivity index (χ3n) is 3.29. The molecule has 0 atom stereocenters. The van der Waals surface area contributed by atoms with Crippen LogP contribution in [0.2, 0.25) is 0 Å². The van der Waals surface area contributed by atoms with Crippen LogP contribution in [0.3, 0.4) is 0 Å². The minimum Gasteiger partial charge on any atom is -0.464 e. The second-order valence-corrected chi connectivity index (χ2v) is 4.41. The number of carbonyl (C=O) groups is 1.